The molecule has 0 aliphatic carbocycles. The number of nitrogens with one attached hydrogen (secondary N) is 1. The van der Waals surface area contributed by atoms with E-state index < -0.39 is 17.2 Å². The van der Waals surface area contributed by atoms with E-state index in [4.69, 9.17) is 0 Å². The van der Waals surface area contributed by atoms with Crippen molar-refractivity contribution in [3.63, 3.8) is 0 Å². The van der Waals surface area contributed by atoms with Crippen molar-refractivity contribution in [3.05, 3.63) is 90.9 Å². The normalized spacial score (nSPS) is 10.9. The van der Waals surface area contributed by atoms with Gasteiger partial charge >= 0.3 is 5.69 Å². The van der Waals surface area contributed by atoms with Gasteiger partial charge in [-0.25, -0.2) is 4.79 Å². The largest absolute Gasteiger partial charge is 0.332 e. The number of benzene rings is 1. The lowest BCUT2D eigenvalue weighted by molar-refractivity contribution is 0.0687. The zero-order valence-electron chi connectivity index (χ0n) is 15.2. The molecule has 27 heavy (non-hydrogen) atoms. The Kier molecular flexibility index (Phi) is 5.71. The summed E-state index contributed by atoms with van der Waals surface area (Å²) in [6, 6.07) is 13.2. The van der Waals surface area contributed by atoms with Gasteiger partial charge in [-0.2, -0.15) is 0 Å². The number of hydrogen-bond donors (Lipinski definition) is 1. The second-order valence-corrected chi connectivity index (χ2v) is 7.52. The zero-order valence-corrected chi connectivity index (χ0v) is 16.0. The Morgan fingerprint density at radius 3 is 2.52 bits per heavy atom. The van der Waals surface area contributed by atoms with Crippen LogP contribution in [0.4, 0.5) is 0 Å². The number of carbonyl (C=O) groups is 1. The van der Waals surface area contributed by atoms with E-state index in [0.717, 1.165) is 15.0 Å². The van der Waals surface area contributed by atoms with Crippen molar-refractivity contribution in [1.82, 2.24) is 14.5 Å². The molecule has 3 aromatic rings. The van der Waals surface area contributed by atoms with Gasteiger partial charge < -0.3 is 9.88 Å². The lowest BCUT2D eigenvalue weighted by Crippen LogP contribution is -2.43. The lowest BCUT2D eigenvalue weighted by Gasteiger charge is -2.26. The summed E-state index contributed by atoms with van der Waals surface area (Å²) in [6.07, 6.45) is 1.22. The van der Waals surface area contributed by atoms with Crippen LogP contribution in [0.15, 0.2) is 63.6 Å². The third kappa shape index (κ3) is 4.25. The second kappa shape index (κ2) is 8.18. The maximum absolute atomic E-state index is 13.1. The minimum Gasteiger partial charge on any atom is -0.332 e. The van der Waals surface area contributed by atoms with Crippen LogP contribution in [0, 0.1) is 0 Å². The average Bonchev–Trinajstić information content (AvgIpc) is 3.16. The monoisotopic (exact) mass is 383 g/mol. The third-order valence-corrected chi connectivity index (χ3v) is 5.13. The molecule has 0 saturated carbocycles. The number of rotatable bonds is 6. The number of nitrogens with zero attached hydrogens (tertiary/aromatic N) is 2. The quantitative estimate of drug-likeness (QED) is 0.711. The molecule has 0 saturated heterocycles. The molecule has 7 heteroatoms. The van der Waals surface area contributed by atoms with Gasteiger partial charge in [-0.1, -0.05) is 36.4 Å². The molecule has 6 nitrogen and oxygen atoms in total. The van der Waals surface area contributed by atoms with E-state index in [0.29, 0.717) is 6.54 Å². The first-order valence-corrected chi connectivity index (χ1v) is 9.55. The van der Waals surface area contributed by atoms with Gasteiger partial charge in [0.2, 0.25) is 0 Å². The van der Waals surface area contributed by atoms with Gasteiger partial charge in [0.25, 0.3) is 11.5 Å². The first-order valence-electron chi connectivity index (χ1n) is 8.67. The van der Waals surface area contributed by atoms with Crippen molar-refractivity contribution in [3.8, 4) is 0 Å². The van der Waals surface area contributed by atoms with E-state index in [-0.39, 0.29) is 18.2 Å². The molecule has 0 radical (unpaired) electrons. The van der Waals surface area contributed by atoms with Crippen LogP contribution in [0.5, 0.6) is 0 Å². The van der Waals surface area contributed by atoms with Crippen LogP contribution < -0.4 is 11.2 Å². The third-order valence-electron chi connectivity index (χ3n) is 4.27. The number of H-pyrrole nitrogens is 1. The standard InChI is InChI=1S/C20H21N3O3S/c1-14(2)22(12-15-7-4-3-5-8-15)18(24)17-11-21-20(26)23(19(17)25)13-16-9-6-10-27-16/h3-11,14H,12-13H2,1-2H3,(H,21,26). The van der Waals surface area contributed by atoms with Crippen molar-refractivity contribution in [2.75, 3.05) is 0 Å². The topological polar surface area (TPSA) is 75.2 Å². The van der Waals surface area contributed by atoms with Gasteiger partial charge in [0.15, 0.2) is 0 Å². The summed E-state index contributed by atoms with van der Waals surface area (Å²) >= 11 is 1.45. The number of hydrogen-bond acceptors (Lipinski definition) is 4. The van der Waals surface area contributed by atoms with E-state index >= 15 is 0 Å². The first kappa shape index (κ1) is 18.8. The number of aromatic nitrogens is 2. The van der Waals surface area contributed by atoms with E-state index in [1.54, 1.807) is 4.90 Å². The fourth-order valence-electron chi connectivity index (χ4n) is 2.79. The minimum absolute atomic E-state index is 0.0317. The van der Waals surface area contributed by atoms with Crippen molar-refractivity contribution >= 4 is 17.2 Å². The van der Waals surface area contributed by atoms with Crippen molar-refractivity contribution < 1.29 is 4.79 Å². The molecule has 1 N–H and O–H groups in total. The molecular weight excluding hydrogens is 362 g/mol. The summed E-state index contributed by atoms with van der Waals surface area (Å²) in [5.41, 5.74) is -0.154. The Bertz CT molecular complexity index is 1020. The maximum Gasteiger partial charge on any atom is 0.328 e. The number of carbonyl (C=O) groups excluding carboxylic acids is 1. The van der Waals surface area contributed by atoms with Crippen LogP contribution in [-0.4, -0.2) is 26.4 Å². The highest BCUT2D eigenvalue weighted by Crippen LogP contribution is 2.12. The summed E-state index contributed by atoms with van der Waals surface area (Å²) in [5, 5.41) is 1.88. The molecule has 0 bridgehead atoms. The molecule has 2 aromatic heterocycles. The van der Waals surface area contributed by atoms with Crippen LogP contribution in [0.25, 0.3) is 0 Å². The Morgan fingerprint density at radius 1 is 1.15 bits per heavy atom. The molecule has 0 atom stereocenters. The van der Waals surface area contributed by atoms with E-state index in [9.17, 15) is 14.4 Å². The molecule has 0 aliphatic heterocycles. The second-order valence-electron chi connectivity index (χ2n) is 6.49. The molecular formula is C20H21N3O3S. The van der Waals surface area contributed by atoms with Gasteiger partial charge in [0.05, 0.1) is 6.54 Å². The Labute approximate surface area is 160 Å². The predicted octanol–water partition coefficient (Wildman–Crippen LogP) is 2.70. The Balaban J connectivity index is 1.95. The molecule has 140 valence electrons. The minimum atomic E-state index is -0.573. The molecule has 3 rings (SSSR count). The lowest BCUT2D eigenvalue weighted by atomic mass is 10.1. The van der Waals surface area contributed by atoms with Crippen LogP contribution in [0.3, 0.4) is 0 Å². The van der Waals surface area contributed by atoms with Gasteiger partial charge in [0.1, 0.15) is 5.56 Å². The number of amides is 1. The Hall–Kier alpha value is -2.93. The van der Waals surface area contributed by atoms with E-state index in [2.05, 4.69) is 4.98 Å². The molecule has 0 aliphatic rings. The van der Waals surface area contributed by atoms with Crippen LogP contribution in [-0.2, 0) is 13.1 Å². The van der Waals surface area contributed by atoms with E-state index in [1.807, 2.05) is 61.7 Å². The molecule has 2 heterocycles. The van der Waals surface area contributed by atoms with Gasteiger partial charge in [0, 0.05) is 23.7 Å². The predicted molar refractivity (Wildman–Crippen MR) is 106 cm³/mol. The fraction of sp³-hybridized carbons (Fsp3) is 0.250. The first-order chi connectivity index (χ1) is 13.0. The summed E-state index contributed by atoms with van der Waals surface area (Å²) in [7, 11) is 0. The van der Waals surface area contributed by atoms with Crippen molar-refractivity contribution in [2.24, 2.45) is 0 Å². The smallest absolute Gasteiger partial charge is 0.328 e. The number of aromatic amines is 1. The molecule has 0 spiro atoms. The average molecular weight is 383 g/mol. The molecule has 0 fully saturated rings. The van der Waals surface area contributed by atoms with Gasteiger partial charge in [-0.05, 0) is 30.9 Å². The fourth-order valence-corrected chi connectivity index (χ4v) is 3.48. The molecule has 0 unspecified atom stereocenters. The SMILES string of the molecule is CC(C)N(Cc1ccccc1)C(=O)c1c[nH]c(=O)n(Cc2cccs2)c1=O. The molecule has 1 amide bonds. The van der Waals surface area contributed by atoms with Crippen molar-refractivity contribution in [1.29, 1.82) is 0 Å². The van der Waals surface area contributed by atoms with Crippen molar-refractivity contribution in [2.45, 2.75) is 33.0 Å². The number of thiophene rings is 1. The summed E-state index contributed by atoms with van der Waals surface area (Å²) in [5.74, 6) is -0.393. The summed E-state index contributed by atoms with van der Waals surface area (Å²) in [6.45, 7) is 4.33. The highest BCUT2D eigenvalue weighted by atomic mass is 32.1. The van der Waals surface area contributed by atoms with Gasteiger partial charge in [-0.3, -0.25) is 14.2 Å². The highest BCUT2D eigenvalue weighted by molar-refractivity contribution is 7.09. The molecule has 1 aromatic carbocycles. The van der Waals surface area contributed by atoms with Crippen LogP contribution >= 0.6 is 11.3 Å². The maximum atomic E-state index is 13.1. The highest BCUT2D eigenvalue weighted by Gasteiger charge is 2.23. The summed E-state index contributed by atoms with van der Waals surface area (Å²) in [4.78, 5) is 43.1. The Morgan fingerprint density at radius 2 is 1.89 bits per heavy atom. The van der Waals surface area contributed by atoms with E-state index in [1.165, 1.54) is 17.5 Å². The zero-order chi connectivity index (χ0) is 19.4. The van der Waals surface area contributed by atoms with Gasteiger partial charge in [-0.15, -0.1) is 11.3 Å². The van der Waals surface area contributed by atoms with Crippen LogP contribution in [0.2, 0.25) is 0 Å². The van der Waals surface area contributed by atoms with Crippen LogP contribution in [0.1, 0.15) is 34.6 Å². The summed E-state index contributed by atoms with van der Waals surface area (Å²) < 4.78 is 1.07.